The Balaban J connectivity index is 5.02. The number of primary amides is 1. The molecule has 4 N–H and O–H groups in total. The van der Waals surface area contributed by atoms with Gasteiger partial charge in [0.2, 0.25) is 23.6 Å². The van der Waals surface area contributed by atoms with Crippen molar-refractivity contribution in [1.82, 2.24) is 15.1 Å². The van der Waals surface area contributed by atoms with E-state index >= 15 is 0 Å². The van der Waals surface area contributed by atoms with Gasteiger partial charge in [0.15, 0.2) is 0 Å². The van der Waals surface area contributed by atoms with Crippen molar-refractivity contribution >= 4 is 41.4 Å². The van der Waals surface area contributed by atoms with E-state index in [2.05, 4.69) is 5.32 Å². The first-order chi connectivity index (χ1) is 15.4. The van der Waals surface area contributed by atoms with Crippen LogP contribution >= 0.6 is 11.8 Å². The van der Waals surface area contributed by atoms with Crippen LogP contribution in [0.25, 0.3) is 0 Å². The number of hydrogen-bond acceptors (Lipinski definition) is 6. The minimum atomic E-state index is -0.937. The quantitative estimate of drug-likeness (QED) is 0.259. The van der Waals surface area contributed by atoms with Gasteiger partial charge in [0, 0.05) is 51.4 Å². The Morgan fingerprint density at radius 1 is 1.00 bits per heavy atom. The lowest BCUT2D eigenvalue weighted by atomic mass is 10.0. The third kappa shape index (κ3) is 12.5. The number of carbonyl (C=O) groups excluding carboxylic acids is 4. The molecule has 11 heteroatoms. The van der Waals surface area contributed by atoms with Crippen LogP contribution in [0.4, 0.5) is 0 Å². The van der Waals surface area contributed by atoms with E-state index in [9.17, 15) is 24.0 Å². The first-order valence-corrected chi connectivity index (χ1v) is 12.5. The standard InChI is InChI=1S/C22H40N4O6S/c1-6-8-19(28)25(4)17(22(32)26(5)16(21(23)31)13-15(2)3)14-33-12-11-24-18(27)9-7-10-20(29)30/h15-17H,6-14H2,1-5H3,(H2,23,31)(H,24,27)(H,29,30)/t16-,17+/m0/s1. The number of carboxylic acid groups (broad SMARTS) is 1. The average molecular weight is 489 g/mol. The molecule has 0 radical (unpaired) electrons. The molecule has 0 saturated carbocycles. The number of nitrogens with one attached hydrogen (secondary N) is 1. The summed E-state index contributed by atoms with van der Waals surface area (Å²) in [4.78, 5) is 62.7. The van der Waals surface area contributed by atoms with Crippen molar-refractivity contribution in [3.8, 4) is 0 Å². The van der Waals surface area contributed by atoms with E-state index in [1.165, 1.54) is 28.6 Å². The molecule has 0 heterocycles. The summed E-state index contributed by atoms with van der Waals surface area (Å²) in [6.07, 6.45) is 1.75. The molecule has 0 aromatic rings. The number of amides is 4. The zero-order chi connectivity index (χ0) is 25.6. The number of carboxylic acids is 1. The number of nitrogens with two attached hydrogens (primary N) is 1. The molecule has 2 atom stereocenters. The third-order valence-corrected chi connectivity index (χ3v) is 6.13. The molecule has 33 heavy (non-hydrogen) atoms. The van der Waals surface area contributed by atoms with Gasteiger partial charge in [-0.2, -0.15) is 11.8 Å². The first-order valence-electron chi connectivity index (χ1n) is 11.3. The van der Waals surface area contributed by atoms with Gasteiger partial charge in [-0.3, -0.25) is 24.0 Å². The molecule has 0 aliphatic rings. The summed E-state index contributed by atoms with van der Waals surface area (Å²) < 4.78 is 0. The average Bonchev–Trinajstić information content (AvgIpc) is 2.72. The lowest BCUT2D eigenvalue weighted by Crippen LogP contribution is -2.55. The van der Waals surface area contributed by atoms with Crippen molar-refractivity contribution in [3.63, 3.8) is 0 Å². The highest BCUT2D eigenvalue weighted by Gasteiger charge is 2.34. The van der Waals surface area contributed by atoms with Crippen molar-refractivity contribution in [2.45, 2.75) is 71.4 Å². The minimum Gasteiger partial charge on any atom is -0.481 e. The number of rotatable bonds is 17. The lowest BCUT2D eigenvalue weighted by Gasteiger charge is -2.34. The molecule has 0 spiro atoms. The van der Waals surface area contributed by atoms with E-state index in [-0.39, 0.29) is 42.9 Å². The van der Waals surface area contributed by atoms with Crippen molar-refractivity contribution < 1.29 is 29.1 Å². The largest absolute Gasteiger partial charge is 0.481 e. The first kappa shape index (κ1) is 30.7. The number of thioether (sulfide) groups is 1. The summed E-state index contributed by atoms with van der Waals surface area (Å²) >= 11 is 1.41. The maximum Gasteiger partial charge on any atom is 0.303 e. The Bertz CT molecular complexity index is 673. The Labute approximate surface area is 201 Å². The highest BCUT2D eigenvalue weighted by atomic mass is 32.2. The smallest absolute Gasteiger partial charge is 0.303 e. The summed E-state index contributed by atoms with van der Waals surface area (Å²) in [5, 5.41) is 11.3. The minimum absolute atomic E-state index is 0.0549. The van der Waals surface area contributed by atoms with Crippen LogP contribution < -0.4 is 11.1 Å². The van der Waals surface area contributed by atoms with Crippen LogP contribution in [0.15, 0.2) is 0 Å². The van der Waals surface area contributed by atoms with Crippen LogP contribution in [0.1, 0.15) is 59.3 Å². The van der Waals surface area contributed by atoms with Gasteiger partial charge >= 0.3 is 5.97 Å². The highest BCUT2D eigenvalue weighted by Crippen LogP contribution is 2.16. The molecule has 0 saturated heterocycles. The number of hydrogen-bond donors (Lipinski definition) is 3. The lowest BCUT2D eigenvalue weighted by molar-refractivity contribution is -0.146. The maximum absolute atomic E-state index is 13.3. The second-order valence-corrected chi connectivity index (χ2v) is 9.59. The topological polar surface area (TPSA) is 150 Å². The van der Waals surface area contributed by atoms with Crippen molar-refractivity contribution in [3.05, 3.63) is 0 Å². The van der Waals surface area contributed by atoms with Gasteiger partial charge in [-0.1, -0.05) is 20.8 Å². The summed E-state index contributed by atoms with van der Waals surface area (Å²) in [7, 11) is 3.12. The Morgan fingerprint density at radius 2 is 1.64 bits per heavy atom. The SMILES string of the molecule is CCCC(=O)N(C)[C@H](CSCCNC(=O)CCCC(=O)O)C(=O)N(C)[C@@H](CC(C)C)C(N)=O. The molecule has 0 unspecified atom stereocenters. The van der Waals surface area contributed by atoms with Crippen LogP contribution in [0.3, 0.4) is 0 Å². The molecule has 0 rings (SSSR count). The number of likely N-dealkylation sites (N-methyl/N-ethyl adjacent to an activating group) is 2. The Hall–Kier alpha value is -2.30. The summed E-state index contributed by atoms with van der Waals surface area (Å²) in [6, 6.07) is -1.52. The fourth-order valence-corrected chi connectivity index (χ4v) is 4.16. The molecule has 0 fully saturated rings. The predicted molar refractivity (Wildman–Crippen MR) is 128 cm³/mol. The Morgan fingerprint density at radius 3 is 2.15 bits per heavy atom. The van der Waals surface area contributed by atoms with E-state index in [1.807, 2.05) is 20.8 Å². The zero-order valence-corrected chi connectivity index (χ0v) is 21.3. The van der Waals surface area contributed by atoms with Crippen molar-refractivity contribution in [2.75, 3.05) is 32.1 Å². The monoisotopic (exact) mass is 488 g/mol. The third-order valence-electron chi connectivity index (χ3n) is 5.09. The number of nitrogens with zero attached hydrogens (tertiary/aromatic N) is 2. The number of carbonyl (C=O) groups is 5. The Kier molecular flexibility index (Phi) is 15.2. The molecule has 0 aromatic heterocycles. The van der Waals surface area contributed by atoms with E-state index < -0.39 is 24.0 Å². The maximum atomic E-state index is 13.3. The van der Waals surface area contributed by atoms with Crippen molar-refractivity contribution in [1.29, 1.82) is 0 Å². The van der Waals surface area contributed by atoms with Crippen LogP contribution in [0, 0.1) is 5.92 Å². The normalized spacial score (nSPS) is 12.7. The molecule has 0 bridgehead atoms. The fraction of sp³-hybridized carbons (Fsp3) is 0.773. The van der Waals surface area contributed by atoms with Crippen molar-refractivity contribution in [2.24, 2.45) is 11.7 Å². The highest BCUT2D eigenvalue weighted by molar-refractivity contribution is 7.99. The van der Waals surface area contributed by atoms with Crippen LogP contribution in [0.5, 0.6) is 0 Å². The van der Waals surface area contributed by atoms with E-state index in [0.29, 0.717) is 37.3 Å². The molecule has 0 aliphatic heterocycles. The number of aliphatic carboxylic acids is 1. The van der Waals surface area contributed by atoms with E-state index in [4.69, 9.17) is 10.8 Å². The molecule has 0 aromatic carbocycles. The molecule has 190 valence electrons. The molecule has 10 nitrogen and oxygen atoms in total. The predicted octanol–water partition coefficient (Wildman–Crippen LogP) is 1.08. The van der Waals surface area contributed by atoms with Crippen LogP contribution in [0.2, 0.25) is 0 Å². The van der Waals surface area contributed by atoms with Crippen LogP contribution in [-0.2, 0) is 24.0 Å². The van der Waals surface area contributed by atoms with Gasteiger partial charge in [0.1, 0.15) is 12.1 Å². The second kappa shape index (κ2) is 16.3. The molecule has 0 aliphatic carbocycles. The zero-order valence-electron chi connectivity index (χ0n) is 20.5. The second-order valence-electron chi connectivity index (χ2n) is 8.44. The van der Waals surface area contributed by atoms with Gasteiger partial charge < -0.3 is 26.0 Å². The van der Waals surface area contributed by atoms with Gasteiger partial charge in [-0.25, -0.2) is 0 Å². The molecule has 4 amide bonds. The summed E-state index contributed by atoms with van der Waals surface area (Å²) in [5.41, 5.74) is 5.54. The van der Waals surface area contributed by atoms with Crippen LogP contribution in [-0.4, -0.2) is 88.7 Å². The molecular formula is C22H40N4O6S. The van der Waals surface area contributed by atoms with Gasteiger partial charge in [0.05, 0.1) is 0 Å². The van der Waals surface area contributed by atoms with E-state index in [1.54, 1.807) is 7.05 Å². The summed E-state index contributed by atoms with van der Waals surface area (Å²) in [5.74, 6) is -1.28. The van der Waals surface area contributed by atoms with Gasteiger partial charge in [-0.15, -0.1) is 0 Å². The fourth-order valence-electron chi connectivity index (χ4n) is 3.16. The summed E-state index contributed by atoms with van der Waals surface area (Å²) in [6.45, 7) is 6.12. The van der Waals surface area contributed by atoms with Gasteiger partial charge in [-0.05, 0) is 25.2 Å². The molecular weight excluding hydrogens is 448 g/mol. The van der Waals surface area contributed by atoms with E-state index in [0.717, 1.165) is 0 Å². The van der Waals surface area contributed by atoms with Gasteiger partial charge in [0.25, 0.3) is 0 Å².